The fraction of sp³-hybridized carbons (Fsp3) is 0.608. The summed E-state index contributed by atoms with van der Waals surface area (Å²) in [7, 11) is 0. The molecular formula is C74H118O6. The Morgan fingerprint density at radius 3 is 0.762 bits per heavy atom. The Kier molecular flexibility index (Phi) is 62.4. The van der Waals surface area contributed by atoms with Gasteiger partial charge in [0.2, 0.25) is 0 Å². The van der Waals surface area contributed by atoms with Crippen molar-refractivity contribution in [3.05, 3.63) is 158 Å². The van der Waals surface area contributed by atoms with Crippen LogP contribution in [0.15, 0.2) is 158 Å². The van der Waals surface area contributed by atoms with Gasteiger partial charge in [-0.25, -0.2) is 0 Å². The summed E-state index contributed by atoms with van der Waals surface area (Å²) < 4.78 is 16.9. The zero-order valence-corrected chi connectivity index (χ0v) is 51.5. The SMILES string of the molecule is CC/C=C\C/C=C\C/C=C\C/C=C\C/C=C\C/C=C\C/C=C\CCCCCCCC(=O)OCC(COC(=O)CCCCCCC/C=C\C/C=C\CCCC)OC(=O)CCCCCCCCCC/C=C\C/C=C\C/C=C\C/C=C\CC. The van der Waals surface area contributed by atoms with E-state index in [1.54, 1.807) is 0 Å². The molecule has 0 rings (SSSR count). The summed E-state index contributed by atoms with van der Waals surface area (Å²) in [4.78, 5) is 38.4. The lowest BCUT2D eigenvalue weighted by Gasteiger charge is -2.18. The normalized spacial score (nSPS) is 13.2. The minimum absolute atomic E-state index is 0.101. The molecule has 0 aliphatic carbocycles. The topological polar surface area (TPSA) is 78.9 Å². The summed E-state index contributed by atoms with van der Waals surface area (Å²) in [5.41, 5.74) is 0. The molecule has 0 bridgehead atoms. The molecule has 0 N–H and O–H groups in total. The first-order chi connectivity index (χ1) is 39.5. The van der Waals surface area contributed by atoms with Crippen molar-refractivity contribution in [1.82, 2.24) is 0 Å². The third-order valence-corrected chi connectivity index (χ3v) is 13.2. The molecule has 1 atom stereocenters. The first kappa shape index (κ1) is 75.0. The first-order valence-corrected chi connectivity index (χ1v) is 32.5. The van der Waals surface area contributed by atoms with Crippen LogP contribution in [0.1, 0.15) is 271 Å². The molecule has 80 heavy (non-hydrogen) atoms. The van der Waals surface area contributed by atoms with E-state index in [2.05, 4.69) is 179 Å². The number of esters is 3. The van der Waals surface area contributed by atoms with Gasteiger partial charge in [0.05, 0.1) is 0 Å². The maximum absolute atomic E-state index is 12.9. The minimum atomic E-state index is -0.806. The average Bonchev–Trinajstić information content (AvgIpc) is 3.46. The van der Waals surface area contributed by atoms with Gasteiger partial charge in [-0.3, -0.25) is 14.4 Å². The zero-order valence-electron chi connectivity index (χ0n) is 51.5. The van der Waals surface area contributed by atoms with Crippen molar-refractivity contribution < 1.29 is 28.6 Å². The Bertz CT molecular complexity index is 1790. The standard InChI is InChI=1S/C74H118O6/c1-4-7-10-13-16-19-22-25-28-30-32-34-35-36-37-38-39-41-42-44-46-49-52-55-58-61-64-67-73(76)79-70-71(69-78-72(75)66-63-60-57-54-51-48-27-24-21-18-15-12-9-6-3)80-74(77)68-65-62-59-56-53-50-47-45-43-40-33-31-29-26-23-20-17-14-11-8-5-2/h7-8,10-11,15-20,24-29,32-34,36-37,39-41,44,46,71H,4-6,9,12-14,21-23,30-31,35,38,42-43,45,47-70H2,1-3H3/b10-7-,11-8-,18-15-,19-16-,20-17-,27-24-,28-25-,29-26-,34-32-,37-36-,40-33-,41-39-,46-44-. The van der Waals surface area contributed by atoms with Crippen molar-refractivity contribution in [3.63, 3.8) is 0 Å². The van der Waals surface area contributed by atoms with E-state index in [0.29, 0.717) is 19.3 Å². The third-order valence-electron chi connectivity index (χ3n) is 13.2. The van der Waals surface area contributed by atoms with Crippen molar-refractivity contribution in [2.24, 2.45) is 0 Å². The molecule has 450 valence electrons. The van der Waals surface area contributed by atoms with Crippen LogP contribution in [0.3, 0.4) is 0 Å². The lowest BCUT2D eigenvalue weighted by Crippen LogP contribution is -2.30. The van der Waals surface area contributed by atoms with Crippen LogP contribution < -0.4 is 0 Å². The van der Waals surface area contributed by atoms with Gasteiger partial charge in [0.15, 0.2) is 6.10 Å². The first-order valence-electron chi connectivity index (χ1n) is 32.5. The predicted octanol–water partition coefficient (Wildman–Crippen LogP) is 22.5. The number of ether oxygens (including phenoxy) is 3. The summed E-state index contributed by atoms with van der Waals surface area (Å²) in [6.45, 7) is 6.34. The van der Waals surface area contributed by atoms with E-state index in [9.17, 15) is 14.4 Å². The summed E-state index contributed by atoms with van der Waals surface area (Å²) in [5.74, 6) is -0.943. The van der Waals surface area contributed by atoms with Crippen LogP contribution in [0.5, 0.6) is 0 Å². The predicted molar refractivity (Wildman–Crippen MR) is 348 cm³/mol. The second kappa shape index (κ2) is 66.5. The van der Waals surface area contributed by atoms with E-state index < -0.39 is 6.10 Å². The highest BCUT2D eigenvalue weighted by molar-refractivity contribution is 5.71. The molecule has 0 spiro atoms. The van der Waals surface area contributed by atoms with Gasteiger partial charge in [0, 0.05) is 19.3 Å². The highest BCUT2D eigenvalue weighted by Crippen LogP contribution is 2.14. The fourth-order valence-corrected chi connectivity index (χ4v) is 8.43. The van der Waals surface area contributed by atoms with Crippen molar-refractivity contribution in [3.8, 4) is 0 Å². The largest absolute Gasteiger partial charge is 0.462 e. The molecule has 0 radical (unpaired) electrons. The van der Waals surface area contributed by atoms with Crippen LogP contribution in [-0.4, -0.2) is 37.2 Å². The fourth-order valence-electron chi connectivity index (χ4n) is 8.43. The zero-order chi connectivity index (χ0) is 57.8. The molecule has 0 aliphatic rings. The van der Waals surface area contributed by atoms with Crippen LogP contribution >= 0.6 is 0 Å². The molecule has 0 aliphatic heterocycles. The van der Waals surface area contributed by atoms with E-state index in [-0.39, 0.29) is 31.1 Å². The Morgan fingerprint density at radius 2 is 0.487 bits per heavy atom. The number of carbonyl (C=O) groups is 3. The number of hydrogen-bond acceptors (Lipinski definition) is 6. The number of allylic oxidation sites excluding steroid dienone is 26. The average molecular weight is 1100 g/mol. The van der Waals surface area contributed by atoms with Gasteiger partial charge in [-0.2, -0.15) is 0 Å². The van der Waals surface area contributed by atoms with E-state index in [4.69, 9.17) is 14.2 Å². The molecule has 0 heterocycles. The molecular weight excluding hydrogens is 985 g/mol. The number of carbonyl (C=O) groups excluding carboxylic acids is 3. The van der Waals surface area contributed by atoms with Crippen LogP contribution in [0.4, 0.5) is 0 Å². The molecule has 6 heteroatoms. The highest BCUT2D eigenvalue weighted by atomic mass is 16.6. The van der Waals surface area contributed by atoms with Gasteiger partial charge < -0.3 is 14.2 Å². The molecule has 6 nitrogen and oxygen atoms in total. The Labute approximate surface area is 492 Å². The van der Waals surface area contributed by atoms with Gasteiger partial charge in [0.25, 0.3) is 0 Å². The van der Waals surface area contributed by atoms with Crippen molar-refractivity contribution in [1.29, 1.82) is 0 Å². The minimum Gasteiger partial charge on any atom is -0.462 e. The molecule has 0 amide bonds. The molecule has 1 unspecified atom stereocenters. The van der Waals surface area contributed by atoms with Crippen molar-refractivity contribution in [2.75, 3.05) is 13.2 Å². The molecule has 0 saturated heterocycles. The number of hydrogen-bond donors (Lipinski definition) is 0. The van der Waals surface area contributed by atoms with Gasteiger partial charge in [-0.15, -0.1) is 0 Å². The van der Waals surface area contributed by atoms with Gasteiger partial charge in [0.1, 0.15) is 13.2 Å². The highest BCUT2D eigenvalue weighted by Gasteiger charge is 2.19. The molecule has 0 aromatic heterocycles. The maximum Gasteiger partial charge on any atom is 0.306 e. The van der Waals surface area contributed by atoms with E-state index >= 15 is 0 Å². The van der Waals surface area contributed by atoms with Crippen LogP contribution in [-0.2, 0) is 28.6 Å². The van der Waals surface area contributed by atoms with E-state index in [1.807, 2.05) is 0 Å². The third kappa shape index (κ3) is 63.9. The van der Waals surface area contributed by atoms with Gasteiger partial charge in [-0.1, -0.05) is 269 Å². The molecule has 0 fully saturated rings. The number of unbranched alkanes of at least 4 members (excludes halogenated alkanes) is 20. The molecule has 0 aromatic rings. The van der Waals surface area contributed by atoms with E-state index in [0.717, 1.165) is 180 Å². The van der Waals surface area contributed by atoms with Gasteiger partial charge in [-0.05, 0) is 141 Å². The quantitative estimate of drug-likeness (QED) is 0.0261. The second-order valence-electron chi connectivity index (χ2n) is 20.9. The Hall–Kier alpha value is -4.97. The van der Waals surface area contributed by atoms with Gasteiger partial charge >= 0.3 is 17.9 Å². The molecule has 0 saturated carbocycles. The summed E-state index contributed by atoms with van der Waals surface area (Å²) in [5, 5.41) is 0. The van der Waals surface area contributed by atoms with Crippen LogP contribution in [0.2, 0.25) is 0 Å². The Balaban J connectivity index is 4.44. The van der Waals surface area contributed by atoms with Crippen molar-refractivity contribution >= 4 is 17.9 Å². The molecule has 0 aromatic carbocycles. The summed E-state index contributed by atoms with van der Waals surface area (Å²) in [6, 6.07) is 0. The van der Waals surface area contributed by atoms with Crippen LogP contribution in [0, 0.1) is 0 Å². The Morgan fingerprint density at radius 1 is 0.263 bits per heavy atom. The monoisotopic (exact) mass is 1100 g/mol. The maximum atomic E-state index is 12.9. The number of rotatable bonds is 57. The van der Waals surface area contributed by atoms with Crippen LogP contribution in [0.25, 0.3) is 0 Å². The second-order valence-corrected chi connectivity index (χ2v) is 20.9. The smallest absolute Gasteiger partial charge is 0.306 e. The summed E-state index contributed by atoms with van der Waals surface area (Å²) >= 11 is 0. The lowest BCUT2D eigenvalue weighted by molar-refractivity contribution is -0.167. The lowest BCUT2D eigenvalue weighted by atomic mass is 10.1. The van der Waals surface area contributed by atoms with E-state index in [1.165, 1.54) is 51.4 Å². The summed E-state index contributed by atoms with van der Waals surface area (Å²) in [6.07, 6.45) is 96.7. The van der Waals surface area contributed by atoms with Crippen molar-refractivity contribution in [2.45, 2.75) is 277 Å².